The van der Waals surface area contributed by atoms with Crippen molar-refractivity contribution in [2.24, 2.45) is 0 Å². The molecule has 4 rings (SSSR count). The van der Waals surface area contributed by atoms with Gasteiger partial charge in [0, 0.05) is 36.8 Å². The predicted molar refractivity (Wildman–Crippen MR) is 103 cm³/mol. The zero-order valence-corrected chi connectivity index (χ0v) is 15.5. The number of rotatable bonds is 2. The smallest absolute Gasteiger partial charge is 0.262 e. The van der Waals surface area contributed by atoms with Crippen LogP contribution in [0.25, 0.3) is 22.2 Å². The fourth-order valence-corrected chi connectivity index (χ4v) is 3.35. The summed E-state index contributed by atoms with van der Waals surface area (Å²) < 4.78 is 0.999. The molecular formula is C18H18BrN5O. The van der Waals surface area contributed by atoms with E-state index in [-0.39, 0.29) is 5.56 Å². The van der Waals surface area contributed by atoms with Crippen LogP contribution in [0.1, 0.15) is 0 Å². The highest BCUT2D eigenvalue weighted by Gasteiger charge is 2.18. The van der Waals surface area contributed by atoms with E-state index in [2.05, 4.69) is 47.7 Å². The highest BCUT2D eigenvalue weighted by Crippen LogP contribution is 2.26. The van der Waals surface area contributed by atoms with E-state index in [0.29, 0.717) is 17.0 Å². The van der Waals surface area contributed by atoms with E-state index in [1.165, 1.54) is 0 Å². The number of fused-ring (bicyclic) bond motifs is 1. The lowest BCUT2D eigenvalue weighted by Gasteiger charge is -2.32. The third-order valence-electron chi connectivity index (χ3n) is 4.55. The fourth-order valence-electron chi connectivity index (χ4n) is 3.09. The van der Waals surface area contributed by atoms with E-state index in [1.54, 1.807) is 6.20 Å². The molecule has 0 atom stereocenters. The van der Waals surface area contributed by atoms with E-state index in [1.807, 2.05) is 30.3 Å². The molecule has 1 fully saturated rings. The summed E-state index contributed by atoms with van der Waals surface area (Å²) in [6.07, 6.45) is 1.71. The Morgan fingerprint density at radius 1 is 1.08 bits per heavy atom. The summed E-state index contributed by atoms with van der Waals surface area (Å²) in [6.45, 7) is 3.59. The number of piperazine rings is 1. The first-order valence-corrected chi connectivity index (χ1v) is 8.99. The fraction of sp³-hybridized carbons (Fsp3) is 0.278. The third-order valence-corrected chi connectivity index (χ3v) is 5.08. The van der Waals surface area contributed by atoms with Crippen LogP contribution in [0.2, 0.25) is 0 Å². The SMILES string of the molecule is CN1CCN(c2nc3nccc(-c4ccc(Br)cc4)c3c(=O)[nH]2)CC1. The molecule has 2 aromatic heterocycles. The molecule has 1 N–H and O–H groups in total. The van der Waals surface area contributed by atoms with Crippen molar-refractivity contribution in [1.29, 1.82) is 0 Å². The first-order chi connectivity index (χ1) is 12.1. The lowest BCUT2D eigenvalue weighted by Crippen LogP contribution is -2.45. The number of aromatic amines is 1. The van der Waals surface area contributed by atoms with Crippen molar-refractivity contribution in [1.82, 2.24) is 19.9 Å². The van der Waals surface area contributed by atoms with Gasteiger partial charge < -0.3 is 9.80 Å². The molecular weight excluding hydrogens is 382 g/mol. The van der Waals surface area contributed by atoms with Crippen LogP contribution in [0.15, 0.2) is 45.8 Å². The van der Waals surface area contributed by atoms with Crippen molar-refractivity contribution in [3.8, 4) is 11.1 Å². The van der Waals surface area contributed by atoms with Crippen LogP contribution in [-0.4, -0.2) is 53.1 Å². The molecule has 0 unspecified atom stereocenters. The number of likely N-dealkylation sites (N-methyl/N-ethyl adjacent to an activating group) is 1. The van der Waals surface area contributed by atoms with Crippen molar-refractivity contribution in [3.63, 3.8) is 0 Å². The number of benzene rings is 1. The molecule has 6 nitrogen and oxygen atoms in total. The molecule has 7 heteroatoms. The number of nitrogens with zero attached hydrogens (tertiary/aromatic N) is 4. The first-order valence-electron chi connectivity index (χ1n) is 8.20. The maximum absolute atomic E-state index is 12.8. The van der Waals surface area contributed by atoms with E-state index < -0.39 is 0 Å². The van der Waals surface area contributed by atoms with E-state index in [0.717, 1.165) is 41.8 Å². The molecule has 3 aromatic rings. The highest BCUT2D eigenvalue weighted by molar-refractivity contribution is 9.10. The molecule has 0 amide bonds. The lowest BCUT2D eigenvalue weighted by molar-refractivity contribution is 0.311. The van der Waals surface area contributed by atoms with Crippen LogP contribution in [0, 0.1) is 0 Å². The molecule has 3 heterocycles. The van der Waals surface area contributed by atoms with Gasteiger partial charge in [-0.25, -0.2) is 4.98 Å². The minimum atomic E-state index is -0.148. The Labute approximate surface area is 153 Å². The zero-order valence-electron chi connectivity index (χ0n) is 13.9. The molecule has 128 valence electrons. The Morgan fingerprint density at radius 3 is 2.52 bits per heavy atom. The van der Waals surface area contributed by atoms with Crippen LogP contribution in [0.4, 0.5) is 5.95 Å². The molecule has 0 aliphatic carbocycles. The van der Waals surface area contributed by atoms with E-state index in [9.17, 15) is 4.79 Å². The Balaban J connectivity index is 1.80. The number of hydrogen-bond acceptors (Lipinski definition) is 5. The second-order valence-electron chi connectivity index (χ2n) is 6.24. The molecule has 0 saturated carbocycles. The number of pyridine rings is 1. The Kier molecular flexibility index (Phi) is 4.27. The van der Waals surface area contributed by atoms with E-state index >= 15 is 0 Å². The maximum Gasteiger partial charge on any atom is 0.262 e. The normalized spacial score (nSPS) is 15.7. The molecule has 0 spiro atoms. The first kappa shape index (κ1) is 16.2. The quantitative estimate of drug-likeness (QED) is 0.716. The number of anilines is 1. The summed E-state index contributed by atoms with van der Waals surface area (Å²) >= 11 is 3.44. The lowest BCUT2D eigenvalue weighted by atomic mass is 10.0. The molecule has 1 aliphatic rings. The molecule has 1 aromatic carbocycles. The van der Waals surface area contributed by atoms with Crippen molar-refractivity contribution < 1.29 is 0 Å². The van der Waals surface area contributed by atoms with Crippen LogP contribution < -0.4 is 10.5 Å². The molecule has 0 bridgehead atoms. The molecule has 1 saturated heterocycles. The monoisotopic (exact) mass is 399 g/mol. The predicted octanol–water partition coefficient (Wildman–Crippen LogP) is 2.50. The second kappa shape index (κ2) is 6.57. The largest absolute Gasteiger partial charge is 0.340 e. The van der Waals surface area contributed by atoms with Gasteiger partial charge in [-0.3, -0.25) is 9.78 Å². The standard InChI is InChI=1S/C18H18BrN5O/c1-23-8-10-24(11-9-23)18-21-16-15(17(25)22-18)14(6-7-20-16)12-2-4-13(19)5-3-12/h2-7H,8-11H2,1H3,(H,20,21,22,25). The number of halogens is 1. The van der Waals surface area contributed by atoms with E-state index in [4.69, 9.17) is 0 Å². The average molecular weight is 400 g/mol. The number of hydrogen-bond donors (Lipinski definition) is 1. The van der Waals surface area contributed by atoms with Gasteiger partial charge in [0.1, 0.15) is 0 Å². The third kappa shape index (κ3) is 3.17. The summed E-state index contributed by atoms with van der Waals surface area (Å²) in [5.41, 5.74) is 2.15. The van der Waals surface area contributed by atoms with Crippen LogP contribution in [0.5, 0.6) is 0 Å². The minimum Gasteiger partial charge on any atom is -0.340 e. The molecule has 25 heavy (non-hydrogen) atoms. The number of aromatic nitrogens is 3. The van der Waals surface area contributed by atoms with Gasteiger partial charge >= 0.3 is 0 Å². The van der Waals surface area contributed by atoms with Gasteiger partial charge in [-0.2, -0.15) is 4.98 Å². The Hall–Kier alpha value is -2.25. The highest BCUT2D eigenvalue weighted by atomic mass is 79.9. The summed E-state index contributed by atoms with van der Waals surface area (Å²) in [5, 5.41) is 0.530. The van der Waals surface area contributed by atoms with Crippen molar-refractivity contribution in [3.05, 3.63) is 51.4 Å². The van der Waals surface area contributed by atoms with Crippen molar-refractivity contribution >= 4 is 32.9 Å². The Morgan fingerprint density at radius 2 is 1.80 bits per heavy atom. The summed E-state index contributed by atoms with van der Waals surface area (Å²) in [6, 6.07) is 9.74. The number of H-pyrrole nitrogens is 1. The van der Waals surface area contributed by atoms with Gasteiger partial charge in [0.25, 0.3) is 5.56 Å². The topological polar surface area (TPSA) is 65.1 Å². The molecule has 1 aliphatic heterocycles. The summed E-state index contributed by atoms with van der Waals surface area (Å²) in [4.78, 5) is 29.1. The van der Waals surface area contributed by atoms with Crippen LogP contribution in [-0.2, 0) is 0 Å². The second-order valence-corrected chi connectivity index (χ2v) is 7.16. The van der Waals surface area contributed by atoms with Gasteiger partial charge in [0.2, 0.25) is 5.95 Å². The summed E-state index contributed by atoms with van der Waals surface area (Å²) in [7, 11) is 2.10. The Bertz CT molecular complexity index is 961. The van der Waals surface area contributed by atoms with Crippen molar-refractivity contribution in [2.75, 3.05) is 38.1 Å². The van der Waals surface area contributed by atoms with Gasteiger partial charge in [0.15, 0.2) is 5.65 Å². The minimum absolute atomic E-state index is 0.148. The van der Waals surface area contributed by atoms with Gasteiger partial charge in [-0.05, 0) is 36.4 Å². The van der Waals surface area contributed by atoms with Crippen molar-refractivity contribution in [2.45, 2.75) is 0 Å². The molecule has 0 radical (unpaired) electrons. The van der Waals surface area contributed by atoms with Gasteiger partial charge in [0.05, 0.1) is 5.39 Å². The average Bonchev–Trinajstić information content (AvgIpc) is 2.62. The van der Waals surface area contributed by atoms with Gasteiger partial charge in [-0.15, -0.1) is 0 Å². The zero-order chi connectivity index (χ0) is 17.4. The van der Waals surface area contributed by atoms with Crippen LogP contribution in [0.3, 0.4) is 0 Å². The van der Waals surface area contributed by atoms with Crippen LogP contribution >= 0.6 is 15.9 Å². The number of nitrogens with one attached hydrogen (secondary N) is 1. The van der Waals surface area contributed by atoms with Gasteiger partial charge in [-0.1, -0.05) is 28.1 Å². The summed E-state index contributed by atoms with van der Waals surface area (Å²) in [5.74, 6) is 0.603. The maximum atomic E-state index is 12.8.